The molecule has 4 heterocycles. The van der Waals surface area contributed by atoms with Crippen LogP contribution >= 0.6 is 11.3 Å². The normalized spacial score (nSPS) is 11.0. The molecule has 0 saturated carbocycles. The highest BCUT2D eigenvalue weighted by atomic mass is 32.1. The second kappa shape index (κ2) is 4.58. The van der Waals surface area contributed by atoms with Crippen LogP contribution < -0.4 is 0 Å². The number of aromatic nitrogens is 3. The van der Waals surface area contributed by atoms with Crippen LogP contribution in [0.3, 0.4) is 0 Å². The summed E-state index contributed by atoms with van der Waals surface area (Å²) in [4.78, 5) is 10.4. The van der Waals surface area contributed by atoms with Crippen LogP contribution in [0.15, 0.2) is 66.3 Å². The number of fused-ring (bicyclic) bond motifs is 1. The topological polar surface area (TPSA) is 30.2 Å². The lowest BCUT2D eigenvalue weighted by Crippen LogP contribution is -1.85. The van der Waals surface area contributed by atoms with Crippen molar-refractivity contribution in [2.45, 2.75) is 0 Å². The van der Waals surface area contributed by atoms with E-state index in [4.69, 9.17) is 4.98 Å². The number of imidazole rings is 1. The summed E-state index contributed by atoms with van der Waals surface area (Å²) in [5.41, 5.74) is 2.91. The first-order valence-electron chi connectivity index (χ1n) is 6.36. The molecule has 0 aliphatic carbocycles. The van der Waals surface area contributed by atoms with E-state index in [2.05, 4.69) is 26.9 Å². The van der Waals surface area contributed by atoms with Crippen LogP contribution in [0.5, 0.6) is 0 Å². The first-order chi connectivity index (χ1) is 9.93. The van der Waals surface area contributed by atoms with E-state index in [-0.39, 0.29) is 0 Å². The van der Waals surface area contributed by atoms with E-state index in [1.165, 1.54) is 0 Å². The summed E-state index contributed by atoms with van der Waals surface area (Å²) < 4.78 is 2.12. The zero-order valence-corrected chi connectivity index (χ0v) is 11.4. The van der Waals surface area contributed by atoms with E-state index >= 15 is 0 Å². The largest absolute Gasteiger partial charge is 0.298 e. The Labute approximate surface area is 120 Å². The summed E-state index contributed by atoms with van der Waals surface area (Å²) in [6.07, 6.45) is 3.85. The second-order valence-electron chi connectivity index (χ2n) is 4.43. The van der Waals surface area contributed by atoms with Crippen LogP contribution in [-0.4, -0.2) is 14.4 Å². The molecule has 96 valence electrons. The van der Waals surface area contributed by atoms with Gasteiger partial charge in [-0.15, -0.1) is 11.3 Å². The van der Waals surface area contributed by atoms with Crippen molar-refractivity contribution in [1.29, 1.82) is 0 Å². The van der Waals surface area contributed by atoms with Gasteiger partial charge in [0.1, 0.15) is 5.69 Å². The highest BCUT2D eigenvalue weighted by Gasteiger charge is 2.14. The third-order valence-electron chi connectivity index (χ3n) is 3.20. The third-order valence-corrected chi connectivity index (χ3v) is 4.06. The molecular weight excluding hydrogens is 266 g/mol. The number of thiophene rings is 1. The Bertz CT molecular complexity index is 848. The summed E-state index contributed by atoms with van der Waals surface area (Å²) in [5, 5.41) is 2.07. The molecular formula is C16H11N3S. The second-order valence-corrected chi connectivity index (χ2v) is 5.38. The summed E-state index contributed by atoms with van der Waals surface area (Å²) >= 11 is 1.70. The first kappa shape index (κ1) is 11.4. The minimum Gasteiger partial charge on any atom is -0.298 e. The van der Waals surface area contributed by atoms with Gasteiger partial charge in [-0.1, -0.05) is 18.2 Å². The van der Waals surface area contributed by atoms with Crippen molar-refractivity contribution >= 4 is 16.9 Å². The number of hydrogen-bond acceptors (Lipinski definition) is 3. The van der Waals surface area contributed by atoms with Crippen molar-refractivity contribution in [3.63, 3.8) is 0 Å². The van der Waals surface area contributed by atoms with Crippen molar-refractivity contribution in [1.82, 2.24) is 14.4 Å². The molecule has 0 spiro atoms. The lowest BCUT2D eigenvalue weighted by Gasteiger charge is -1.97. The predicted molar refractivity (Wildman–Crippen MR) is 81.7 cm³/mol. The fraction of sp³-hybridized carbons (Fsp3) is 0. The Morgan fingerprint density at radius 1 is 0.950 bits per heavy atom. The van der Waals surface area contributed by atoms with Crippen LogP contribution in [-0.2, 0) is 0 Å². The Morgan fingerprint density at radius 2 is 1.90 bits per heavy atom. The third kappa shape index (κ3) is 1.73. The summed E-state index contributed by atoms with van der Waals surface area (Å²) in [6, 6.07) is 16.2. The molecule has 0 aliphatic rings. The maximum Gasteiger partial charge on any atom is 0.155 e. The van der Waals surface area contributed by atoms with Crippen LogP contribution in [0.4, 0.5) is 0 Å². The zero-order valence-electron chi connectivity index (χ0n) is 10.6. The maximum absolute atomic E-state index is 4.81. The SMILES string of the molecule is c1ccc(-c2nc(-c3cccs3)n3ccccc23)nc1. The van der Waals surface area contributed by atoms with Crippen molar-refractivity contribution in [3.8, 4) is 22.1 Å². The highest BCUT2D eigenvalue weighted by molar-refractivity contribution is 7.13. The molecule has 4 heteroatoms. The van der Waals surface area contributed by atoms with Crippen LogP contribution in [0.2, 0.25) is 0 Å². The maximum atomic E-state index is 4.81. The van der Waals surface area contributed by atoms with Gasteiger partial charge in [-0.25, -0.2) is 4.98 Å². The van der Waals surface area contributed by atoms with Gasteiger partial charge in [0, 0.05) is 12.4 Å². The molecule has 0 aromatic carbocycles. The monoisotopic (exact) mass is 277 g/mol. The number of nitrogens with zero attached hydrogens (tertiary/aromatic N) is 3. The Balaban J connectivity index is 2.04. The molecule has 0 amide bonds. The summed E-state index contributed by atoms with van der Waals surface area (Å²) in [7, 11) is 0. The minimum atomic E-state index is 0.902. The number of hydrogen-bond donors (Lipinski definition) is 0. The molecule has 0 atom stereocenters. The number of rotatable bonds is 2. The van der Waals surface area contributed by atoms with E-state index in [9.17, 15) is 0 Å². The van der Waals surface area contributed by atoms with Crippen LogP contribution in [0.25, 0.3) is 27.6 Å². The highest BCUT2D eigenvalue weighted by Crippen LogP contribution is 2.30. The van der Waals surface area contributed by atoms with Gasteiger partial charge in [0.2, 0.25) is 0 Å². The van der Waals surface area contributed by atoms with Crippen molar-refractivity contribution in [2.75, 3.05) is 0 Å². The van der Waals surface area contributed by atoms with Crippen LogP contribution in [0, 0.1) is 0 Å². The van der Waals surface area contributed by atoms with Crippen molar-refractivity contribution in [3.05, 3.63) is 66.3 Å². The molecule has 0 aliphatic heterocycles. The van der Waals surface area contributed by atoms with Gasteiger partial charge < -0.3 is 0 Å². The van der Waals surface area contributed by atoms with E-state index in [0.717, 1.165) is 27.6 Å². The summed E-state index contributed by atoms with van der Waals surface area (Å²) in [6.45, 7) is 0. The quantitative estimate of drug-likeness (QED) is 0.551. The molecule has 20 heavy (non-hydrogen) atoms. The molecule has 4 rings (SSSR count). The van der Waals surface area contributed by atoms with Gasteiger partial charge in [-0.3, -0.25) is 9.38 Å². The Kier molecular flexibility index (Phi) is 2.60. The molecule has 3 nitrogen and oxygen atoms in total. The average Bonchev–Trinajstić information content (AvgIpc) is 3.15. The Hall–Kier alpha value is -2.46. The number of pyridine rings is 2. The van der Waals surface area contributed by atoms with Gasteiger partial charge in [-0.05, 0) is 35.7 Å². The van der Waals surface area contributed by atoms with Gasteiger partial charge in [-0.2, -0.15) is 0 Å². The lowest BCUT2D eigenvalue weighted by atomic mass is 10.2. The molecule has 0 N–H and O–H groups in total. The van der Waals surface area contributed by atoms with Gasteiger partial charge in [0.15, 0.2) is 5.82 Å². The van der Waals surface area contributed by atoms with Crippen LogP contribution in [0.1, 0.15) is 0 Å². The standard InChI is InChI=1S/C16H11N3S/c1-3-9-17-12(6-1)15-13-7-2-4-10-19(13)16(18-15)14-8-5-11-20-14/h1-11H. The molecule has 4 aromatic rings. The predicted octanol–water partition coefficient (Wildman–Crippen LogP) is 4.12. The summed E-state index contributed by atoms with van der Waals surface area (Å²) in [5.74, 6) is 0.969. The Morgan fingerprint density at radius 3 is 2.70 bits per heavy atom. The van der Waals surface area contributed by atoms with E-state index in [0.29, 0.717) is 0 Å². The smallest absolute Gasteiger partial charge is 0.155 e. The van der Waals surface area contributed by atoms with E-state index in [1.54, 1.807) is 17.5 Å². The van der Waals surface area contributed by atoms with E-state index < -0.39 is 0 Å². The van der Waals surface area contributed by atoms with E-state index in [1.807, 2.05) is 42.6 Å². The zero-order chi connectivity index (χ0) is 13.4. The van der Waals surface area contributed by atoms with Crippen molar-refractivity contribution in [2.24, 2.45) is 0 Å². The van der Waals surface area contributed by atoms with Crippen molar-refractivity contribution < 1.29 is 0 Å². The average molecular weight is 277 g/mol. The minimum absolute atomic E-state index is 0.902. The molecule has 0 saturated heterocycles. The molecule has 4 aromatic heterocycles. The molecule has 0 radical (unpaired) electrons. The van der Waals surface area contributed by atoms with Gasteiger partial charge in [0.25, 0.3) is 0 Å². The fourth-order valence-corrected chi connectivity index (χ4v) is 3.02. The fourth-order valence-electron chi connectivity index (χ4n) is 2.31. The molecule has 0 bridgehead atoms. The molecule has 0 unspecified atom stereocenters. The van der Waals surface area contributed by atoms with Gasteiger partial charge >= 0.3 is 0 Å². The first-order valence-corrected chi connectivity index (χ1v) is 7.24. The molecule has 0 fully saturated rings. The lowest BCUT2D eigenvalue weighted by molar-refractivity contribution is 1.17. The van der Waals surface area contributed by atoms with Gasteiger partial charge in [0.05, 0.1) is 16.1 Å².